The van der Waals surface area contributed by atoms with E-state index in [9.17, 15) is 4.79 Å². The Labute approximate surface area is 205 Å². The van der Waals surface area contributed by atoms with E-state index >= 15 is 0 Å². The van der Waals surface area contributed by atoms with Crippen LogP contribution < -0.4 is 5.32 Å². The van der Waals surface area contributed by atoms with E-state index in [1.54, 1.807) is 0 Å². The Morgan fingerprint density at radius 1 is 0.853 bits per heavy atom. The molecule has 3 heteroatoms. The molecule has 0 radical (unpaired) electrons. The van der Waals surface area contributed by atoms with E-state index in [1.165, 1.54) is 23.1 Å². The lowest BCUT2D eigenvalue weighted by molar-refractivity contribution is -0.127. The average molecular weight is 455 g/mol. The third-order valence-corrected chi connectivity index (χ3v) is 7.54. The molecule has 1 saturated carbocycles. The van der Waals surface area contributed by atoms with Gasteiger partial charge in [0.2, 0.25) is 5.91 Å². The van der Waals surface area contributed by atoms with Gasteiger partial charge in [0.25, 0.3) is 0 Å². The van der Waals surface area contributed by atoms with Crippen molar-refractivity contribution in [3.63, 3.8) is 0 Å². The number of rotatable bonds is 8. The molecule has 4 rings (SSSR count). The maximum Gasteiger partial charge on any atom is 0.224 e. The topological polar surface area (TPSA) is 32.3 Å². The van der Waals surface area contributed by atoms with Crippen LogP contribution in [0.3, 0.4) is 0 Å². The first-order valence-electron chi connectivity index (χ1n) is 12.7. The Hall–Kier alpha value is -2.91. The number of nitrogens with one attached hydrogen (secondary N) is 1. The summed E-state index contributed by atoms with van der Waals surface area (Å²) in [5, 5.41) is 3.29. The van der Waals surface area contributed by atoms with Crippen LogP contribution in [0.1, 0.15) is 79.8 Å². The molecule has 0 aromatic heterocycles. The minimum Gasteiger partial charge on any atom is -0.349 e. The van der Waals surface area contributed by atoms with Crippen LogP contribution in [0.4, 0.5) is 0 Å². The van der Waals surface area contributed by atoms with Crippen LogP contribution in [0.15, 0.2) is 84.9 Å². The largest absolute Gasteiger partial charge is 0.349 e. The van der Waals surface area contributed by atoms with Crippen molar-refractivity contribution in [1.29, 1.82) is 0 Å². The Kier molecular flexibility index (Phi) is 8.18. The number of amides is 1. The van der Waals surface area contributed by atoms with E-state index in [0.717, 1.165) is 31.4 Å². The zero-order chi connectivity index (χ0) is 23.9. The molecule has 4 atom stereocenters. The van der Waals surface area contributed by atoms with Gasteiger partial charge in [-0.25, -0.2) is 0 Å². The molecule has 0 heterocycles. The van der Waals surface area contributed by atoms with Crippen molar-refractivity contribution in [1.82, 2.24) is 10.2 Å². The molecule has 1 N–H and O–H groups in total. The highest BCUT2D eigenvalue weighted by atomic mass is 16.1. The van der Waals surface area contributed by atoms with Gasteiger partial charge < -0.3 is 5.32 Å². The summed E-state index contributed by atoms with van der Waals surface area (Å²) in [6.45, 7) is 5.23. The van der Waals surface area contributed by atoms with Gasteiger partial charge in [-0.3, -0.25) is 9.69 Å². The van der Waals surface area contributed by atoms with Gasteiger partial charge in [0.05, 0.1) is 6.04 Å². The molecule has 1 aliphatic rings. The summed E-state index contributed by atoms with van der Waals surface area (Å²) in [5.41, 5.74) is 5.10. The molecule has 0 bridgehead atoms. The van der Waals surface area contributed by atoms with Crippen LogP contribution >= 0.6 is 0 Å². The van der Waals surface area contributed by atoms with Crippen molar-refractivity contribution in [2.24, 2.45) is 5.92 Å². The van der Waals surface area contributed by atoms with Crippen LogP contribution in [0.25, 0.3) is 0 Å². The molecule has 3 aromatic rings. The molecule has 178 valence electrons. The predicted molar refractivity (Wildman–Crippen MR) is 140 cm³/mol. The Morgan fingerprint density at radius 3 is 2.09 bits per heavy atom. The Balaban J connectivity index is 1.40. The van der Waals surface area contributed by atoms with E-state index in [0.29, 0.717) is 12.0 Å². The van der Waals surface area contributed by atoms with Crippen molar-refractivity contribution in [3.8, 4) is 0 Å². The summed E-state index contributed by atoms with van der Waals surface area (Å²) in [6, 6.07) is 30.3. The minimum atomic E-state index is 0.0285. The van der Waals surface area contributed by atoms with E-state index < -0.39 is 0 Å². The molecule has 1 unspecified atom stereocenters. The van der Waals surface area contributed by atoms with Crippen molar-refractivity contribution in [2.75, 3.05) is 7.05 Å². The number of benzene rings is 3. The third kappa shape index (κ3) is 5.95. The highest BCUT2D eigenvalue weighted by Gasteiger charge is 2.32. The van der Waals surface area contributed by atoms with Crippen LogP contribution in [-0.2, 0) is 11.3 Å². The third-order valence-electron chi connectivity index (χ3n) is 7.54. The number of carbonyl (C=O) groups excluding carboxylic acids is 1. The zero-order valence-corrected chi connectivity index (χ0v) is 20.8. The SMILES string of the molecule is CC(c1ccccc1)N(C)Cc1ccc([C@H]2CCCC[C@@H]2C(=O)N[C@@H](C)c2ccccc2)cc1. The summed E-state index contributed by atoms with van der Waals surface area (Å²) >= 11 is 0. The summed E-state index contributed by atoms with van der Waals surface area (Å²) in [7, 11) is 2.18. The molecule has 3 aromatic carbocycles. The first-order valence-corrected chi connectivity index (χ1v) is 12.7. The molecule has 0 aliphatic heterocycles. The van der Waals surface area contributed by atoms with Crippen LogP contribution in [0.5, 0.6) is 0 Å². The molecule has 1 amide bonds. The van der Waals surface area contributed by atoms with Crippen molar-refractivity contribution in [2.45, 2.75) is 64.1 Å². The molecule has 1 aliphatic carbocycles. The summed E-state index contributed by atoms with van der Waals surface area (Å²) in [4.78, 5) is 15.7. The van der Waals surface area contributed by atoms with Crippen LogP contribution in [-0.4, -0.2) is 17.9 Å². The van der Waals surface area contributed by atoms with Crippen LogP contribution in [0.2, 0.25) is 0 Å². The summed E-state index contributed by atoms with van der Waals surface area (Å²) in [6.07, 6.45) is 4.38. The lowest BCUT2D eigenvalue weighted by Gasteiger charge is -2.32. The van der Waals surface area contributed by atoms with Crippen molar-refractivity contribution >= 4 is 5.91 Å². The maximum atomic E-state index is 13.3. The highest BCUT2D eigenvalue weighted by Crippen LogP contribution is 2.38. The molecular formula is C31H38N2O. The normalized spacial score (nSPS) is 20.0. The average Bonchev–Trinajstić information content (AvgIpc) is 2.89. The second kappa shape index (κ2) is 11.5. The van der Waals surface area contributed by atoms with E-state index in [2.05, 4.69) is 97.8 Å². The van der Waals surface area contributed by atoms with Gasteiger partial charge in [-0.1, -0.05) is 97.8 Å². The summed E-state index contributed by atoms with van der Waals surface area (Å²) in [5.74, 6) is 0.542. The quantitative estimate of drug-likeness (QED) is 0.396. The molecule has 0 saturated heterocycles. The second-order valence-corrected chi connectivity index (χ2v) is 9.88. The standard InChI is InChI=1S/C31H38N2O/c1-23(26-12-6-4-7-13-26)32-31(34)30-17-11-10-16-29(30)28-20-18-25(19-21-28)22-33(3)24(2)27-14-8-5-9-15-27/h4-9,12-15,18-21,23-24,29-30H,10-11,16-17,22H2,1-3H3,(H,32,34)/t23-,24?,29+,30-/m0/s1. The first kappa shape index (κ1) is 24.2. The fourth-order valence-electron chi connectivity index (χ4n) is 5.27. The molecule has 3 nitrogen and oxygen atoms in total. The lowest BCUT2D eigenvalue weighted by atomic mass is 9.74. The van der Waals surface area contributed by atoms with Gasteiger partial charge in [-0.05, 0) is 61.9 Å². The predicted octanol–water partition coefficient (Wildman–Crippen LogP) is 7.03. The maximum absolute atomic E-state index is 13.3. The van der Waals surface area contributed by atoms with Gasteiger partial charge in [-0.2, -0.15) is 0 Å². The van der Waals surface area contributed by atoms with Gasteiger partial charge in [0.15, 0.2) is 0 Å². The molecular weight excluding hydrogens is 416 g/mol. The van der Waals surface area contributed by atoms with E-state index in [1.807, 2.05) is 18.2 Å². The zero-order valence-electron chi connectivity index (χ0n) is 20.8. The number of nitrogens with zero attached hydrogens (tertiary/aromatic N) is 1. The van der Waals surface area contributed by atoms with E-state index in [4.69, 9.17) is 0 Å². The number of hydrogen-bond acceptors (Lipinski definition) is 2. The van der Waals surface area contributed by atoms with E-state index in [-0.39, 0.29) is 17.9 Å². The van der Waals surface area contributed by atoms with Crippen LogP contribution in [0, 0.1) is 5.92 Å². The summed E-state index contributed by atoms with van der Waals surface area (Å²) < 4.78 is 0. The fourth-order valence-corrected chi connectivity index (χ4v) is 5.27. The molecule has 0 spiro atoms. The monoisotopic (exact) mass is 454 g/mol. The van der Waals surface area contributed by atoms with Gasteiger partial charge in [0, 0.05) is 18.5 Å². The first-order chi connectivity index (χ1) is 16.5. The fraction of sp³-hybridized carbons (Fsp3) is 0.387. The van der Waals surface area contributed by atoms with Crippen molar-refractivity contribution < 1.29 is 4.79 Å². The minimum absolute atomic E-state index is 0.0285. The lowest BCUT2D eigenvalue weighted by Crippen LogP contribution is -2.37. The molecule has 1 fully saturated rings. The molecule has 34 heavy (non-hydrogen) atoms. The Bertz CT molecular complexity index is 1030. The second-order valence-electron chi connectivity index (χ2n) is 9.88. The Morgan fingerprint density at radius 2 is 1.44 bits per heavy atom. The van der Waals surface area contributed by atoms with Gasteiger partial charge in [0.1, 0.15) is 0 Å². The number of hydrogen-bond donors (Lipinski definition) is 1. The van der Waals surface area contributed by atoms with Crippen molar-refractivity contribution in [3.05, 3.63) is 107 Å². The van der Waals surface area contributed by atoms with Gasteiger partial charge >= 0.3 is 0 Å². The smallest absolute Gasteiger partial charge is 0.224 e. The van der Waals surface area contributed by atoms with Gasteiger partial charge in [-0.15, -0.1) is 0 Å². The number of carbonyl (C=O) groups is 1. The highest BCUT2D eigenvalue weighted by molar-refractivity contribution is 5.80.